The smallest absolute Gasteiger partial charge is 0.430 e. The molecule has 1 aliphatic heterocycles. The standard InChI is InChI=1S/C19H10BrF3O4/c20-10-3-1-9(2-4-10)13-8-26-15-6-5-14-11(16(13)15)7-12(18(24)25)17(27-14)19(21,22)23/h1-8,17H,(H,24,25). The number of halogens is 4. The van der Waals surface area contributed by atoms with E-state index in [-0.39, 0.29) is 11.3 Å². The summed E-state index contributed by atoms with van der Waals surface area (Å²) in [5.41, 5.74) is 1.20. The number of hydrogen-bond acceptors (Lipinski definition) is 3. The van der Waals surface area contributed by atoms with Crippen molar-refractivity contribution in [1.82, 2.24) is 0 Å². The molecule has 0 saturated heterocycles. The Balaban J connectivity index is 1.96. The molecule has 0 spiro atoms. The Labute approximate surface area is 159 Å². The molecule has 138 valence electrons. The van der Waals surface area contributed by atoms with Crippen molar-refractivity contribution in [3.63, 3.8) is 0 Å². The highest BCUT2D eigenvalue weighted by molar-refractivity contribution is 9.10. The second-order valence-corrected chi connectivity index (χ2v) is 6.87. The molecule has 0 fully saturated rings. The van der Waals surface area contributed by atoms with Crippen molar-refractivity contribution in [3.8, 4) is 16.9 Å². The molecule has 1 atom stereocenters. The van der Waals surface area contributed by atoms with E-state index < -0.39 is 23.8 Å². The Bertz CT molecular complexity index is 1080. The Morgan fingerprint density at radius 2 is 1.81 bits per heavy atom. The molecule has 1 aromatic heterocycles. The summed E-state index contributed by atoms with van der Waals surface area (Å²) in [6.07, 6.45) is -4.87. The van der Waals surface area contributed by atoms with E-state index in [4.69, 9.17) is 9.15 Å². The summed E-state index contributed by atoms with van der Waals surface area (Å²) >= 11 is 3.34. The Morgan fingerprint density at radius 3 is 2.44 bits per heavy atom. The van der Waals surface area contributed by atoms with Crippen LogP contribution in [0.3, 0.4) is 0 Å². The lowest BCUT2D eigenvalue weighted by atomic mass is 9.95. The van der Waals surface area contributed by atoms with Crippen LogP contribution in [0, 0.1) is 0 Å². The van der Waals surface area contributed by atoms with Crippen LogP contribution in [0.25, 0.3) is 28.2 Å². The van der Waals surface area contributed by atoms with Crippen molar-refractivity contribution in [2.45, 2.75) is 12.3 Å². The third kappa shape index (κ3) is 2.99. The number of aliphatic carboxylic acids is 1. The van der Waals surface area contributed by atoms with Crippen LogP contribution < -0.4 is 4.74 Å². The largest absolute Gasteiger partial charge is 0.478 e. The molecule has 1 N–H and O–H groups in total. The Hall–Kier alpha value is -2.74. The van der Waals surface area contributed by atoms with E-state index in [0.717, 1.165) is 16.1 Å². The normalized spacial score (nSPS) is 16.6. The summed E-state index contributed by atoms with van der Waals surface area (Å²) in [5, 5.41) is 9.75. The van der Waals surface area contributed by atoms with Crippen LogP contribution >= 0.6 is 15.9 Å². The highest BCUT2D eigenvalue weighted by atomic mass is 79.9. The number of carboxylic acids is 1. The maximum absolute atomic E-state index is 13.2. The van der Waals surface area contributed by atoms with Crippen molar-refractivity contribution in [2.75, 3.05) is 0 Å². The van der Waals surface area contributed by atoms with E-state index in [2.05, 4.69) is 15.9 Å². The summed E-state index contributed by atoms with van der Waals surface area (Å²) in [6.45, 7) is 0. The van der Waals surface area contributed by atoms with Gasteiger partial charge < -0.3 is 14.3 Å². The van der Waals surface area contributed by atoms with Crippen LogP contribution in [0.2, 0.25) is 0 Å². The average Bonchev–Trinajstić information content (AvgIpc) is 3.05. The van der Waals surface area contributed by atoms with Gasteiger partial charge in [-0.3, -0.25) is 0 Å². The minimum absolute atomic E-state index is 0.0467. The molecule has 0 aliphatic carbocycles. The van der Waals surface area contributed by atoms with Gasteiger partial charge >= 0.3 is 12.1 Å². The van der Waals surface area contributed by atoms with Gasteiger partial charge in [0.2, 0.25) is 6.10 Å². The van der Waals surface area contributed by atoms with Gasteiger partial charge in [-0.05, 0) is 35.9 Å². The van der Waals surface area contributed by atoms with E-state index in [9.17, 15) is 23.1 Å². The van der Waals surface area contributed by atoms with Crippen LogP contribution in [0.15, 0.2) is 57.1 Å². The van der Waals surface area contributed by atoms with Crippen molar-refractivity contribution < 1.29 is 32.2 Å². The Kier molecular flexibility index (Phi) is 4.03. The van der Waals surface area contributed by atoms with Crippen LogP contribution in [0.1, 0.15) is 5.56 Å². The van der Waals surface area contributed by atoms with Gasteiger partial charge in [0.1, 0.15) is 11.3 Å². The summed E-state index contributed by atoms with van der Waals surface area (Å²) in [6, 6.07) is 10.1. The summed E-state index contributed by atoms with van der Waals surface area (Å²) < 4.78 is 51.1. The average molecular weight is 439 g/mol. The predicted octanol–water partition coefficient (Wildman–Crippen LogP) is 5.65. The van der Waals surface area contributed by atoms with Gasteiger partial charge in [0.25, 0.3) is 0 Å². The van der Waals surface area contributed by atoms with Crippen molar-refractivity contribution in [3.05, 3.63) is 58.3 Å². The first-order valence-corrected chi connectivity index (χ1v) is 8.53. The number of alkyl halides is 3. The number of hydrogen-bond donors (Lipinski definition) is 1. The minimum Gasteiger partial charge on any atom is -0.478 e. The SMILES string of the molecule is O=C(O)C1=Cc2c(ccc3occ(-c4ccc(Br)cc4)c23)OC1C(F)(F)F. The molecule has 27 heavy (non-hydrogen) atoms. The number of rotatable bonds is 2. The first-order valence-electron chi connectivity index (χ1n) is 7.74. The number of fused-ring (bicyclic) bond motifs is 3. The van der Waals surface area contributed by atoms with Crippen molar-refractivity contribution in [1.29, 1.82) is 0 Å². The summed E-state index contributed by atoms with van der Waals surface area (Å²) in [4.78, 5) is 11.4. The van der Waals surface area contributed by atoms with E-state index in [0.29, 0.717) is 16.5 Å². The number of carboxylic acid groups (broad SMARTS) is 1. The lowest BCUT2D eigenvalue weighted by molar-refractivity contribution is -0.187. The molecule has 1 unspecified atom stereocenters. The van der Waals surface area contributed by atoms with Crippen LogP contribution in [-0.4, -0.2) is 23.4 Å². The fraction of sp³-hybridized carbons (Fsp3) is 0.105. The number of carbonyl (C=O) groups is 1. The molecule has 0 amide bonds. The molecule has 0 saturated carbocycles. The Morgan fingerprint density at radius 1 is 1.11 bits per heavy atom. The molecule has 8 heteroatoms. The van der Waals surface area contributed by atoms with Gasteiger partial charge in [-0.2, -0.15) is 13.2 Å². The number of benzene rings is 2. The fourth-order valence-electron chi connectivity index (χ4n) is 3.06. The molecule has 4 rings (SSSR count). The summed E-state index contributed by atoms with van der Waals surface area (Å²) in [5.74, 6) is -1.73. The highest BCUT2D eigenvalue weighted by Crippen LogP contribution is 2.43. The van der Waals surface area contributed by atoms with E-state index in [1.165, 1.54) is 18.4 Å². The molecule has 3 aromatic rings. The van der Waals surface area contributed by atoms with Crippen LogP contribution in [-0.2, 0) is 4.79 Å². The molecular formula is C19H10BrF3O4. The zero-order valence-corrected chi connectivity index (χ0v) is 15.0. The van der Waals surface area contributed by atoms with E-state index in [1.54, 1.807) is 0 Å². The van der Waals surface area contributed by atoms with Crippen molar-refractivity contribution in [2.24, 2.45) is 0 Å². The number of ether oxygens (including phenoxy) is 1. The van der Waals surface area contributed by atoms with Gasteiger partial charge in [0.15, 0.2) is 0 Å². The third-order valence-corrected chi connectivity index (χ3v) is 4.80. The van der Waals surface area contributed by atoms with E-state index >= 15 is 0 Å². The molecular weight excluding hydrogens is 429 g/mol. The van der Waals surface area contributed by atoms with Gasteiger partial charge in [-0.25, -0.2) is 4.79 Å². The second kappa shape index (κ2) is 6.16. The van der Waals surface area contributed by atoms with Gasteiger partial charge in [-0.15, -0.1) is 0 Å². The van der Waals surface area contributed by atoms with Gasteiger partial charge in [-0.1, -0.05) is 28.1 Å². The van der Waals surface area contributed by atoms with Crippen molar-refractivity contribution >= 4 is 38.9 Å². The zero-order valence-electron chi connectivity index (χ0n) is 13.4. The molecule has 0 radical (unpaired) electrons. The first-order chi connectivity index (χ1) is 12.8. The third-order valence-electron chi connectivity index (χ3n) is 4.27. The molecule has 2 aromatic carbocycles. The topological polar surface area (TPSA) is 59.7 Å². The molecule has 4 nitrogen and oxygen atoms in total. The predicted molar refractivity (Wildman–Crippen MR) is 95.4 cm³/mol. The van der Waals surface area contributed by atoms with Gasteiger partial charge in [0.05, 0.1) is 11.8 Å². The maximum atomic E-state index is 13.2. The van der Waals surface area contributed by atoms with Gasteiger partial charge in [0, 0.05) is 21.0 Å². The first kappa shape index (κ1) is 17.7. The fourth-order valence-corrected chi connectivity index (χ4v) is 3.33. The quantitative estimate of drug-likeness (QED) is 0.561. The molecule has 0 bridgehead atoms. The lowest BCUT2D eigenvalue weighted by Crippen LogP contribution is -2.40. The van der Waals surface area contributed by atoms with Crippen LogP contribution in [0.5, 0.6) is 5.75 Å². The summed E-state index contributed by atoms with van der Waals surface area (Å²) in [7, 11) is 0. The van der Waals surface area contributed by atoms with E-state index in [1.807, 2.05) is 24.3 Å². The maximum Gasteiger partial charge on any atom is 0.430 e. The molecule has 2 heterocycles. The lowest BCUT2D eigenvalue weighted by Gasteiger charge is -2.27. The monoisotopic (exact) mass is 438 g/mol. The molecule has 1 aliphatic rings. The zero-order chi connectivity index (χ0) is 19.3. The second-order valence-electron chi connectivity index (χ2n) is 5.95. The minimum atomic E-state index is -4.85. The van der Waals surface area contributed by atoms with Crippen LogP contribution in [0.4, 0.5) is 13.2 Å². The highest BCUT2D eigenvalue weighted by Gasteiger charge is 2.48. The number of furan rings is 1.